The number of rotatable bonds is 3. The van der Waals surface area contributed by atoms with Crippen LogP contribution in [0.15, 0.2) is 36.4 Å². The maximum atomic E-state index is 13.7. The molecule has 0 aromatic heterocycles. The second-order valence-corrected chi connectivity index (χ2v) is 4.84. The van der Waals surface area contributed by atoms with Crippen LogP contribution in [-0.2, 0) is 0 Å². The van der Waals surface area contributed by atoms with E-state index < -0.39 is 17.7 Å². The summed E-state index contributed by atoms with van der Waals surface area (Å²) in [5.74, 6) is -2.77. The molecule has 1 amide bonds. The highest BCUT2D eigenvalue weighted by molar-refractivity contribution is 6.44. The Morgan fingerprint density at radius 2 is 1.86 bits per heavy atom. The number of anilines is 1. The number of carbonyl (C=O) groups excluding carboxylic acids is 1. The quantitative estimate of drug-likeness (QED) is 0.892. The molecular formula is C14H8Cl2FNO3. The Hall–Kier alpha value is -2.11. The minimum absolute atomic E-state index is 0.0548. The van der Waals surface area contributed by atoms with Crippen molar-refractivity contribution in [1.82, 2.24) is 0 Å². The van der Waals surface area contributed by atoms with Crippen LogP contribution in [0.2, 0.25) is 10.0 Å². The SMILES string of the molecule is O=C(O)c1ccc(NC(=O)c2cccc(Cl)c2Cl)c(F)c1. The predicted octanol–water partition coefficient (Wildman–Crippen LogP) is 4.08. The monoisotopic (exact) mass is 327 g/mol. The molecule has 0 aliphatic carbocycles. The van der Waals surface area contributed by atoms with Crippen molar-refractivity contribution in [3.63, 3.8) is 0 Å². The highest BCUT2D eigenvalue weighted by Crippen LogP contribution is 2.26. The molecule has 2 aromatic rings. The van der Waals surface area contributed by atoms with E-state index in [9.17, 15) is 14.0 Å². The van der Waals surface area contributed by atoms with E-state index in [0.717, 1.165) is 12.1 Å². The van der Waals surface area contributed by atoms with Gasteiger partial charge in [0.05, 0.1) is 26.9 Å². The highest BCUT2D eigenvalue weighted by Gasteiger charge is 2.15. The number of carboxylic acids is 1. The summed E-state index contributed by atoms with van der Waals surface area (Å²) in [6.07, 6.45) is 0. The standard InChI is InChI=1S/C14H8Cl2FNO3/c15-9-3-1-2-8(12(9)16)13(19)18-11-5-4-7(14(20)21)6-10(11)17/h1-6H,(H,18,19)(H,20,21). The van der Waals surface area contributed by atoms with Crippen molar-refractivity contribution in [3.8, 4) is 0 Å². The molecular weight excluding hydrogens is 320 g/mol. The van der Waals surface area contributed by atoms with Crippen LogP contribution in [0.1, 0.15) is 20.7 Å². The lowest BCUT2D eigenvalue weighted by atomic mass is 10.1. The summed E-state index contributed by atoms with van der Waals surface area (Å²) in [5, 5.41) is 11.3. The Bertz CT molecular complexity index is 734. The molecule has 0 saturated heterocycles. The molecule has 0 spiro atoms. The van der Waals surface area contributed by atoms with E-state index in [2.05, 4.69) is 5.32 Å². The summed E-state index contributed by atoms with van der Waals surface area (Å²) in [6.45, 7) is 0. The summed E-state index contributed by atoms with van der Waals surface area (Å²) in [6, 6.07) is 7.65. The molecule has 0 radical (unpaired) electrons. The van der Waals surface area contributed by atoms with E-state index in [4.69, 9.17) is 28.3 Å². The Balaban J connectivity index is 2.28. The van der Waals surface area contributed by atoms with Gasteiger partial charge >= 0.3 is 5.97 Å². The fourth-order valence-corrected chi connectivity index (χ4v) is 2.00. The molecule has 0 bridgehead atoms. The van der Waals surface area contributed by atoms with Crippen molar-refractivity contribution in [2.45, 2.75) is 0 Å². The number of nitrogens with one attached hydrogen (secondary N) is 1. The molecule has 21 heavy (non-hydrogen) atoms. The van der Waals surface area contributed by atoms with Crippen LogP contribution in [-0.4, -0.2) is 17.0 Å². The predicted molar refractivity (Wildman–Crippen MR) is 77.8 cm³/mol. The van der Waals surface area contributed by atoms with Crippen LogP contribution in [0, 0.1) is 5.82 Å². The normalized spacial score (nSPS) is 10.2. The number of carbonyl (C=O) groups is 2. The highest BCUT2D eigenvalue weighted by atomic mass is 35.5. The number of halogens is 3. The molecule has 0 saturated carbocycles. The van der Waals surface area contributed by atoms with Gasteiger partial charge in [-0.15, -0.1) is 0 Å². The molecule has 2 aromatic carbocycles. The first kappa shape index (κ1) is 15.3. The van der Waals surface area contributed by atoms with Gasteiger partial charge in [0.25, 0.3) is 5.91 Å². The maximum absolute atomic E-state index is 13.7. The largest absolute Gasteiger partial charge is 0.478 e. The van der Waals surface area contributed by atoms with Gasteiger partial charge in [0.1, 0.15) is 5.82 Å². The second kappa shape index (κ2) is 6.11. The van der Waals surface area contributed by atoms with Gasteiger partial charge in [0.15, 0.2) is 0 Å². The Morgan fingerprint density at radius 3 is 2.48 bits per heavy atom. The zero-order chi connectivity index (χ0) is 15.6. The third kappa shape index (κ3) is 3.32. The van der Waals surface area contributed by atoms with Crippen LogP contribution in [0.25, 0.3) is 0 Å². The Kier molecular flexibility index (Phi) is 4.45. The van der Waals surface area contributed by atoms with Gasteiger partial charge in [-0.3, -0.25) is 4.79 Å². The third-order valence-electron chi connectivity index (χ3n) is 2.66. The number of aromatic carboxylic acids is 1. The average Bonchev–Trinajstić information content (AvgIpc) is 2.43. The molecule has 0 fully saturated rings. The zero-order valence-electron chi connectivity index (χ0n) is 10.4. The van der Waals surface area contributed by atoms with E-state index in [1.54, 1.807) is 0 Å². The zero-order valence-corrected chi connectivity index (χ0v) is 11.9. The number of hydrogen-bond donors (Lipinski definition) is 2. The van der Waals surface area contributed by atoms with Crippen LogP contribution in [0.4, 0.5) is 10.1 Å². The summed E-state index contributed by atoms with van der Waals surface area (Å²) in [4.78, 5) is 22.7. The van der Waals surface area contributed by atoms with Crippen molar-refractivity contribution in [2.75, 3.05) is 5.32 Å². The van der Waals surface area contributed by atoms with Crippen molar-refractivity contribution < 1.29 is 19.1 Å². The van der Waals surface area contributed by atoms with Gasteiger partial charge in [0, 0.05) is 0 Å². The summed E-state index contributed by atoms with van der Waals surface area (Å²) < 4.78 is 13.7. The van der Waals surface area contributed by atoms with Crippen molar-refractivity contribution in [2.24, 2.45) is 0 Å². The second-order valence-electron chi connectivity index (χ2n) is 4.06. The number of benzene rings is 2. The van der Waals surface area contributed by atoms with Crippen LogP contribution < -0.4 is 5.32 Å². The van der Waals surface area contributed by atoms with Crippen LogP contribution in [0.3, 0.4) is 0 Å². The molecule has 108 valence electrons. The fraction of sp³-hybridized carbons (Fsp3) is 0. The summed E-state index contributed by atoms with van der Waals surface area (Å²) in [5.41, 5.74) is -0.279. The number of amides is 1. The lowest BCUT2D eigenvalue weighted by molar-refractivity contribution is 0.0696. The molecule has 0 unspecified atom stereocenters. The molecule has 2 rings (SSSR count). The first-order valence-electron chi connectivity index (χ1n) is 5.68. The van der Waals surface area contributed by atoms with E-state index in [-0.39, 0.29) is 26.9 Å². The molecule has 7 heteroatoms. The van der Waals surface area contributed by atoms with Crippen molar-refractivity contribution >= 4 is 40.8 Å². The van der Waals surface area contributed by atoms with Crippen molar-refractivity contribution in [3.05, 3.63) is 63.4 Å². The van der Waals surface area contributed by atoms with E-state index in [0.29, 0.717) is 0 Å². The fourth-order valence-electron chi connectivity index (χ4n) is 1.62. The van der Waals surface area contributed by atoms with Gasteiger partial charge in [-0.05, 0) is 30.3 Å². The third-order valence-corrected chi connectivity index (χ3v) is 3.48. The molecule has 0 aliphatic rings. The lowest BCUT2D eigenvalue weighted by Gasteiger charge is -2.09. The lowest BCUT2D eigenvalue weighted by Crippen LogP contribution is -2.14. The number of carboxylic acid groups (broad SMARTS) is 1. The first-order chi connectivity index (χ1) is 9.90. The van der Waals surface area contributed by atoms with Crippen LogP contribution in [0.5, 0.6) is 0 Å². The summed E-state index contributed by atoms with van der Waals surface area (Å²) in [7, 11) is 0. The topological polar surface area (TPSA) is 66.4 Å². The first-order valence-corrected chi connectivity index (χ1v) is 6.44. The molecule has 2 N–H and O–H groups in total. The molecule has 0 heterocycles. The van der Waals surface area contributed by atoms with Gasteiger partial charge < -0.3 is 10.4 Å². The molecule has 0 atom stereocenters. The van der Waals surface area contributed by atoms with Gasteiger partial charge in [-0.2, -0.15) is 0 Å². The smallest absolute Gasteiger partial charge is 0.335 e. The minimum Gasteiger partial charge on any atom is -0.478 e. The summed E-state index contributed by atoms with van der Waals surface area (Å²) >= 11 is 11.7. The maximum Gasteiger partial charge on any atom is 0.335 e. The van der Waals surface area contributed by atoms with E-state index in [1.165, 1.54) is 24.3 Å². The van der Waals surface area contributed by atoms with Crippen LogP contribution >= 0.6 is 23.2 Å². The number of hydrogen-bond acceptors (Lipinski definition) is 2. The molecule has 4 nitrogen and oxygen atoms in total. The Labute approximate surface area is 129 Å². The minimum atomic E-state index is -1.26. The van der Waals surface area contributed by atoms with Crippen molar-refractivity contribution in [1.29, 1.82) is 0 Å². The van der Waals surface area contributed by atoms with Gasteiger partial charge in [-0.1, -0.05) is 29.3 Å². The molecule has 0 aliphatic heterocycles. The average molecular weight is 328 g/mol. The van der Waals surface area contributed by atoms with Gasteiger partial charge in [0.2, 0.25) is 0 Å². The Morgan fingerprint density at radius 1 is 1.14 bits per heavy atom. The van der Waals surface area contributed by atoms with E-state index in [1.807, 2.05) is 0 Å². The van der Waals surface area contributed by atoms with Gasteiger partial charge in [-0.25, -0.2) is 9.18 Å². The van der Waals surface area contributed by atoms with E-state index >= 15 is 0 Å².